The summed E-state index contributed by atoms with van der Waals surface area (Å²) in [5.74, 6) is 0. The zero-order valence-electron chi connectivity index (χ0n) is 27.8. The van der Waals surface area contributed by atoms with Gasteiger partial charge in [-0.3, -0.25) is 0 Å². The second kappa shape index (κ2) is 11.8. The first-order valence-corrected chi connectivity index (χ1v) is 18.3. The van der Waals surface area contributed by atoms with Gasteiger partial charge in [0.25, 0.3) is 0 Å². The number of nitrogens with zero attached hydrogens (tertiary/aromatic N) is 1. The minimum Gasteiger partial charge on any atom is -0.310 e. The first kappa shape index (κ1) is 29.9. The summed E-state index contributed by atoms with van der Waals surface area (Å²) < 4.78 is 1.07. The van der Waals surface area contributed by atoms with Gasteiger partial charge in [0.1, 0.15) is 0 Å². The molecule has 0 bridgehead atoms. The van der Waals surface area contributed by atoms with E-state index in [0.29, 0.717) is 0 Å². The van der Waals surface area contributed by atoms with E-state index in [1.807, 2.05) is 0 Å². The molecule has 8 aromatic carbocycles. The van der Waals surface area contributed by atoms with E-state index < -0.39 is 5.41 Å². The molecule has 0 aromatic heterocycles. The van der Waals surface area contributed by atoms with E-state index in [2.05, 4.69) is 215 Å². The molecule has 0 unspecified atom stereocenters. The van der Waals surface area contributed by atoms with Gasteiger partial charge in [-0.05, 0) is 109 Å². The molecule has 8 aromatic rings. The lowest BCUT2D eigenvalue weighted by atomic mass is 9.70. The minimum absolute atomic E-state index is 0.410. The highest BCUT2D eigenvalue weighted by molar-refractivity contribution is 9.10. The molecule has 2 aliphatic rings. The Morgan fingerprint density at radius 1 is 0.314 bits per heavy atom. The van der Waals surface area contributed by atoms with Crippen LogP contribution >= 0.6 is 15.9 Å². The van der Waals surface area contributed by atoms with Crippen molar-refractivity contribution in [2.24, 2.45) is 0 Å². The Labute approximate surface area is 307 Å². The van der Waals surface area contributed by atoms with E-state index >= 15 is 0 Å². The number of fused-ring (bicyclic) bond motifs is 10. The second-order valence-corrected chi connectivity index (χ2v) is 14.2. The Hall–Kier alpha value is -5.96. The molecular weight excluding hydrogens is 682 g/mol. The van der Waals surface area contributed by atoms with Crippen molar-refractivity contribution >= 4 is 33.0 Å². The molecule has 0 atom stereocenters. The van der Waals surface area contributed by atoms with Crippen molar-refractivity contribution in [3.63, 3.8) is 0 Å². The molecule has 0 saturated heterocycles. The lowest BCUT2D eigenvalue weighted by molar-refractivity contribution is 0.793. The van der Waals surface area contributed by atoms with Crippen LogP contribution in [0.2, 0.25) is 0 Å². The van der Waals surface area contributed by atoms with E-state index in [0.717, 1.165) is 27.1 Å². The van der Waals surface area contributed by atoms with Gasteiger partial charge in [0.2, 0.25) is 0 Å². The van der Waals surface area contributed by atoms with Crippen LogP contribution in [-0.2, 0) is 5.41 Å². The molecule has 1 nitrogen and oxygen atoms in total. The largest absolute Gasteiger partial charge is 0.310 e. The summed E-state index contributed by atoms with van der Waals surface area (Å²) in [7, 11) is 0. The average Bonchev–Trinajstić information content (AvgIpc) is 3.67. The fraction of sp³-hybridized carbons (Fsp3) is 0.0204. The van der Waals surface area contributed by atoms with Crippen LogP contribution in [-0.4, -0.2) is 0 Å². The first-order chi connectivity index (χ1) is 25.2. The number of benzene rings is 8. The molecule has 0 aliphatic heterocycles. The van der Waals surface area contributed by atoms with Crippen LogP contribution in [0.1, 0.15) is 22.3 Å². The maximum atomic E-state index is 3.87. The molecule has 1 spiro atoms. The fourth-order valence-corrected chi connectivity index (χ4v) is 9.07. The predicted octanol–water partition coefficient (Wildman–Crippen LogP) is 13.6. The molecule has 0 fully saturated rings. The smallest absolute Gasteiger partial charge is 0.0726 e. The summed E-state index contributed by atoms with van der Waals surface area (Å²) in [5, 5.41) is 0. The highest BCUT2D eigenvalue weighted by Gasteiger charge is 2.51. The van der Waals surface area contributed by atoms with Gasteiger partial charge in [0.05, 0.1) is 5.41 Å². The molecule has 2 heteroatoms. The second-order valence-electron chi connectivity index (χ2n) is 13.4. The third-order valence-electron chi connectivity index (χ3n) is 10.8. The van der Waals surface area contributed by atoms with E-state index in [1.54, 1.807) is 0 Å². The van der Waals surface area contributed by atoms with Gasteiger partial charge < -0.3 is 4.90 Å². The van der Waals surface area contributed by atoms with Gasteiger partial charge in [-0.25, -0.2) is 0 Å². The van der Waals surface area contributed by atoms with Crippen LogP contribution in [0.4, 0.5) is 17.1 Å². The van der Waals surface area contributed by atoms with Crippen molar-refractivity contribution < 1.29 is 0 Å². The van der Waals surface area contributed by atoms with Gasteiger partial charge in [-0.15, -0.1) is 0 Å². The quantitative estimate of drug-likeness (QED) is 0.172. The van der Waals surface area contributed by atoms with Crippen LogP contribution in [0.25, 0.3) is 44.5 Å². The highest BCUT2D eigenvalue weighted by Crippen LogP contribution is 2.63. The number of hydrogen-bond acceptors (Lipinski definition) is 1. The van der Waals surface area contributed by atoms with Gasteiger partial charge in [-0.1, -0.05) is 168 Å². The van der Waals surface area contributed by atoms with E-state index in [9.17, 15) is 0 Å². The Balaban J connectivity index is 1.22. The Bertz CT molecular complexity index is 2520. The highest BCUT2D eigenvalue weighted by atomic mass is 79.9. The summed E-state index contributed by atoms with van der Waals surface area (Å²) >= 11 is 3.87. The van der Waals surface area contributed by atoms with Crippen molar-refractivity contribution in [2.45, 2.75) is 5.41 Å². The molecule has 0 saturated carbocycles. The molecular formula is C49H32BrN. The van der Waals surface area contributed by atoms with Crippen LogP contribution < -0.4 is 4.90 Å². The Morgan fingerprint density at radius 2 is 0.745 bits per heavy atom. The third-order valence-corrected chi connectivity index (χ3v) is 11.5. The molecule has 2 aliphatic carbocycles. The standard InChI is InChI=1S/C49H32BrN/c50-48-30-28-37(31-43(48)35-15-5-2-6-16-35)51(36-25-23-34(24-26-36)33-13-3-1-4-14-33)38-27-29-42-41-19-9-12-22-46(41)49(47(42)32-38)44-20-10-7-17-39(44)40-18-8-11-21-45(40)49/h1-32H. The zero-order chi connectivity index (χ0) is 33.9. The SMILES string of the molecule is Brc1ccc(N(c2ccc(-c3ccccc3)cc2)c2ccc3c(c2)C2(c4ccccc4-c4ccccc42)c2ccccc2-3)cc1-c1ccccc1. The third kappa shape index (κ3) is 4.53. The van der Waals surface area contributed by atoms with Crippen LogP contribution in [0.3, 0.4) is 0 Å². The molecule has 0 N–H and O–H groups in total. The van der Waals surface area contributed by atoms with E-state index in [4.69, 9.17) is 0 Å². The summed E-state index contributed by atoms with van der Waals surface area (Å²) in [6.45, 7) is 0. The zero-order valence-corrected chi connectivity index (χ0v) is 29.4. The number of halogens is 1. The van der Waals surface area contributed by atoms with Crippen LogP contribution in [0, 0.1) is 0 Å². The molecule has 0 radical (unpaired) electrons. The van der Waals surface area contributed by atoms with Crippen molar-refractivity contribution in [1.29, 1.82) is 0 Å². The molecule has 10 rings (SSSR count). The lowest BCUT2D eigenvalue weighted by Crippen LogP contribution is -2.26. The molecule has 0 heterocycles. The number of hydrogen-bond donors (Lipinski definition) is 0. The van der Waals surface area contributed by atoms with E-state index in [1.165, 1.54) is 61.2 Å². The van der Waals surface area contributed by atoms with Gasteiger partial charge in [0.15, 0.2) is 0 Å². The maximum Gasteiger partial charge on any atom is 0.0726 e. The Kier molecular flexibility index (Phi) is 6.94. The van der Waals surface area contributed by atoms with Gasteiger partial charge in [-0.2, -0.15) is 0 Å². The summed E-state index contributed by atoms with van der Waals surface area (Å²) in [4.78, 5) is 2.41. The first-order valence-electron chi connectivity index (χ1n) is 17.5. The predicted molar refractivity (Wildman–Crippen MR) is 216 cm³/mol. The van der Waals surface area contributed by atoms with Gasteiger partial charge >= 0.3 is 0 Å². The Morgan fingerprint density at radius 3 is 1.33 bits per heavy atom. The minimum atomic E-state index is -0.410. The maximum absolute atomic E-state index is 3.87. The monoisotopic (exact) mass is 713 g/mol. The van der Waals surface area contributed by atoms with Crippen molar-refractivity contribution in [1.82, 2.24) is 0 Å². The normalized spacial score (nSPS) is 13.0. The van der Waals surface area contributed by atoms with E-state index in [-0.39, 0.29) is 0 Å². The summed E-state index contributed by atoms with van der Waals surface area (Å²) in [6.07, 6.45) is 0. The molecule has 51 heavy (non-hydrogen) atoms. The fourth-order valence-electron chi connectivity index (χ4n) is 8.59. The van der Waals surface area contributed by atoms with Gasteiger partial charge in [0, 0.05) is 21.5 Å². The average molecular weight is 715 g/mol. The number of anilines is 3. The summed E-state index contributed by atoms with van der Waals surface area (Å²) in [6, 6.07) is 71.1. The number of rotatable bonds is 5. The van der Waals surface area contributed by atoms with Crippen molar-refractivity contribution in [3.05, 3.63) is 221 Å². The van der Waals surface area contributed by atoms with Crippen molar-refractivity contribution in [2.75, 3.05) is 4.90 Å². The molecule has 240 valence electrons. The van der Waals surface area contributed by atoms with Crippen LogP contribution in [0.15, 0.2) is 199 Å². The van der Waals surface area contributed by atoms with Crippen molar-refractivity contribution in [3.8, 4) is 44.5 Å². The molecule has 0 amide bonds. The lowest BCUT2D eigenvalue weighted by Gasteiger charge is -2.32. The van der Waals surface area contributed by atoms with Crippen LogP contribution in [0.5, 0.6) is 0 Å². The topological polar surface area (TPSA) is 3.24 Å². The summed E-state index contributed by atoms with van der Waals surface area (Å²) in [5.41, 5.74) is 18.3.